The van der Waals surface area contributed by atoms with Gasteiger partial charge < -0.3 is 9.47 Å². The van der Waals surface area contributed by atoms with Crippen LogP contribution in [0.5, 0.6) is 0 Å². The number of carbonyl (C=O) groups excluding carboxylic acids is 1. The van der Waals surface area contributed by atoms with Gasteiger partial charge in [0.2, 0.25) is 0 Å². The van der Waals surface area contributed by atoms with Crippen molar-refractivity contribution in [1.29, 1.82) is 0 Å². The summed E-state index contributed by atoms with van der Waals surface area (Å²) in [6.07, 6.45) is -1.12. The van der Waals surface area contributed by atoms with Crippen molar-refractivity contribution in [2.24, 2.45) is 0 Å². The smallest absolute Gasteiger partial charge is 0.411 e. The number of alkyl carbamates (subject to hydrolysis) is 1. The molecule has 0 saturated heterocycles. The second-order valence-electron chi connectivity index (χ2n) is 2.70. The Morgan fingerprint density at radius 3 is 2.42 bits per heavy atom. The van der Waals surface area contributed by atoms with Gasteiger partial charge in [-0.2, -0.15) is 4.39 Å². The molecular formula is C7H14FNO3. The average molecular weight is 179 g/mol. The minimum atomic E-state index is -2.17. The van der Waals surface area contributed by atoms with Crippen LogP contribution in [0, 0.1) is 0 Å². The van der Waals surface area contributed by atoms with Gasteiger partial charge in [0.1, 0.15) is 0 Å². The summed E-state index contributed by atoms with van der Waals surface area (Å²) < 4.78 is 21.8. The van der Waals surface area contributed by atoms with Crippen LogP contribution in [0.25, 0.3) is 0 Å². The van der Waals surface area contributed by atoms with Gasteiger partial charge in [-0.05, 0) is 13.8 Å². The van der Waals surface area contributed by atoms with Crippen molar-refractivity contribution in [3.05, 3.63) is 0 Å². The van der Waals surface area contributed by atoms with Gasteiger partial charge in [-0.15, -0.1) is 0 Å². The molecule has 1 unspecified atom stereocenters. The second-order valence-corrected chi connectivity index (χ2v) is 2.70. The molecule has 1 amide bonds. The molecule has 0 aromatic rings. The lowest BCUT2D eigenvalue weighted by Gasteiger charge is -2.20. The first-order valence-electron chi connectivity index (χ1n) is 3.60. The maximum Gasteiger partial charge on any atom is 0.411 e. The van der Waals surface area contributed by atoms with E-state index in [1.54, 1.807) is 13.8 Å². The van der Waals surface area contributed by atoms with Gasteiger partial charge in [-0.3, -0.25) is 5.32 Å². The minimum absolute atomic E-state index is 0.280. The number of methoxy groups -OCH3 is 1. The van der Waals surface area contributed by atoms with Crippen LogP contribution in [0.2, 0.25) is 0 Å². The maximum atomic E-state index is 12.9. The van der Waals surface area contributed by atoms with Crippen LogP contribution in [-0.2, 0) is 9.47 Å². The Morgan fingerprint density at radius 1 is 1.58 bits per heavy atom. The number of carbonyl (C=O) groups is 1. The largest absolute Gasteiger partial charge is 0.447 e. The molecule has 72 valence electrons. The van der Waals surface area contributed by atoms with Crippen LogP contribution in [0.4, 0.5) is 9.18 Å². The van der Waals surface area contributed by atoms with Crippen molar-refractivity contribution in [1.82, 2.24) is 5.32 Å². The summed E-state index contributed by atoms with van der Waals surface area (Å²) in [6.45, 7) is 4.42. The molecule has 0 aliphatic carbocycles. The first kappa shape index (κ1) is 11.2. The van der Waals surface area contributed by atoms with Gasteiger partial charge >= 0.3 is 6.09 Å². The van der Waals surface area contributed by atoms with E-state index in [2.05, 4.69) is 9.47 Å². The molecular weight excluding hydrogens is 165 g/mol. The van der Waals surface area contributed by atoms with Gasteiger partial charge in [0.05, 0.1) is 6.10 Å². The quantitative estimate of drug-likeness (QED) is 0.526. The van der Waals surface area contributed by atoms with Crippen LogP contribution in [0.15, 0.2) is 0 Å². The van der Waals surface area contributed by atoms with Crippen molar-refractivity contribution in [2.45, 2.75) is 32.9 Å². The SMILES string of the molecule is COC(C)(F)NC(=O)OC(C)C. The van der Waals surface area contributed by atoms with Gasteiger partial charge in [0.25, 0.3) is 5.98 Å². The van der Waals surface area contributed by atoms with Crippen LogP contribution in [0.1, 0.15) is 20.8 Å². The Labute approximate surface area is 71.0 Å². The van der Waals surface area contributed by atoms with E-state index in [-0.39, 0.29) is 6.10 Å². The number of hydrogen-bond donors (Lipinski definition) is 1. The molecule has 0 aromatic carbocycles. The van der Waals surface area contributed by atoms with E-state index in [0.29, 0.717) is 0 Å². The van der Waals surface area contributed by atoms with E-state index in [4.69, 9.17) is 0 Å². The molecule has 0 aliphatic rings. The molecule has 0 spiro atoms. The zero-order chi connectivity index (χ0) is 9.78. The summed E-state index contributed by atoms with van der Waals surface area (Å²) in [7, 11) is 1.15. The Hall–Kier alpha value is -0.840. The van der Waals surface area contributed by atoms with E-state index in [1.807, 2.05) is 5.32 Å². The molecule has 0 radical (unpaired) electrons. The Bertz CT molecular complexity index is 159. The van der Waals surface area contributed by atoms with Crippen LogP contribution in [-0.4, -0.2) is 25.3 Å². The van der Waals surface area contributed by atoms with Crippen LogP contribution in [0.3, 0.4) is 0 Å². The molecule has 4 nitrogen and oxygen atoms in total. The second kappa shape index (κ2) is 4.25. The predicted octanol–water partition coefficient (Wildman–Crippen LogP) is 1.41. The third kappa shape index (κ3) is 4.90. The van der Waals surface area contributed by atoms with Crippen molar-refractivity contribution >= 4 is 6.09 Å². The zero-order valence-corrected chi connectivity index (χ0v) is 7.68. The molecule has 0 aromatic heterocycles. The number of halogens is 1. The Morgan fingerprint density at radius 2 is 2.08 bits per heavy atom. The Balaban J connectivity index is 3.84. The molecule has 1 atom stereocenters. The highest BCUT2D eigenvalue weighted by Crippen LogP contribution is 2.05. The third-order valence-corrected chi connectivity index (χ3v) is 1.05. The highest BCUT2D eigenvalue weighted by molar-refractivity contribution is 5.67. The van der Waals surface area contributed by atoms with E-state index < -0.39 is 12.1 Å². The number of hydrogen-bond acceptors (Lipinski definition) is 3. The van der Waals surface area contributed by atoms with Gasteiger partial charge in [0, 0.05) is 14.0 Å². The van der Waals surface area contributed by atoms with E-state index in [9.17, 15) is 9.18 Å². The van der Waals surface area contributed by atoms with Gasteiger partial charge in [-0.1, -0.05) is 0 Å². The summed E-state index contributed by atoms with van der Waals surface area (Å²) >= 11 is 0. The molecule has 0 rings (SSSR count). The van der Waals surface area contributed by atoms with Crippen LogP contribution < -0.4 is 5.32 Å². The van der Waals surface area contributed by atoms with Crippen LogP contribution >= 0.6 is 0 Å². The molecule has 0 fully saturated rings. The van der Waals surface area contributed by atoms with Crippen molar-refractivity contribution in [3.63, 3.8) is 0 Å². The fraction of sp³-hybridized carbons (Fsp3) is 0.857. The normalized spacial score (nSPS) is 15.5. The number of alkyl halides is 1. The summed E-state index contributed by atoms with van der Waals surface area (Å²) in [6, 6.07) is 0. The van der Waals surface area contributed by atoms with Crippen molar-refractivity contribution in [3.8, 4) is 0 Å². The molecule has 12 heavy (non-hydrogen) atoms. The zero-order valence-electron chi connectivity index (χ0n) is 7.68. The molecule has 1 N–H and O–H groups in total. The van der Waals surface area contributed by atoms with Gasteiger partial charge in [0.15, 0.2) is 0 Å². The molecule has 0 bridgehead atoms. The summed E-state index contributed by atoms with van der Waals surface area (Å²) in [4.78, 5) is 10.8. The first-order chi connectivity index (χ1) is 5.37. The number of rotatable bonds is 3. The number of nitrogens with one attached hydrogen (secondary N) is 1. The standard InChI is InChI=1S/C7H14FNO3/c1-5(2)12-6(10)9-7(3,8)11-4/h5H,1-4H3,(H,9,10). The summed E-state index contributed by atoms with van der Waals surface area (Å²) in [5.41, 5.74) is 0. The average Bonchev–Trinajstić information content (AvgIpc) is 1.84. The number of amides is 1. The lowest BCUT2D eigenvalue weighted by molar-refractivity contribution is -0.126. The highest BCUT2D eigenvalue weighted by atomic mass is 19.2. The van der Waals surface area contributed by atoms with E-state index in [1.165, 1.54) is 0 Å². The van der Waals surface area contributed by atoms with E-state index >= 15 is 0 Å². The monoisotopic (exact) mass is 179 g/mol. The first-order valence-corrected chi connectivity index (χ1v) is 3.60. The molecule has 5 heteroatoms. The maximum absolute atomic E-state index is 12.9. The molecule has 0 heterocycles. The predicted molar refractivity (Wildman–Crippen MR) is 41.3 cm³/mol. The lowest BCUT2D eigenvalue weighted by atomic mass is 10.5. The minimum Gasteiger partial charge on any atom is -0.447 e. The lowest BCUT2D eigenvalue weighted by Crippen LogP contribution is -2.44. The highest BCUT2D eigenvalue weighted by Gasteiger charge is 2.25. The third-order valence-electron chi connectivity index (χ3n) is 1.05. The topological polar surface area (TPSA) is 47.6 Å². The summed E-state index contributed by atoms with van der Waals surface area (Å²) in [5.74, 6) is -2.17. The van der Waals surface area contributed by atoms with Crippen molar-refractivity contribution < 1.29 is 18.7 Å². The fourth-order valence-electron chi connectivity index (χ4n) is 0.477. The molecule has 0 aliphatic heterocycles. The summed E-state index contributed by atoms with van der Waals surface area (Å²) in [5, 5.41) is 1.89. The van der Waals surface area contributed by atoms with Crippen molar-refractivity contribution in [2.75, 3.05) is 7.11 Å². The van der Waals surface area contributed by atoms with E-state index in [0.717, 1.165) is 14.0 Å². The molecule has 0 saturated carbocycles. The van der Waals surface area contributed by atoms with Gasteiger partial charge in [-0.25, -0.2) is 4.79 Å². The fourth-order valence-corrected chi connectivity index (χ4v) is 0.477. The number of ether oxygens (including phenoxy) is 2. The Kier molecular flexibility index (Phi) is 3.95.